The molecule has 158 valence electrons. The summed E-state index contributed by atoms with van der Waals surface area (Å²) < 4.78 is 7.44. The van der Waals surface area contributed by atoms with E-state index in [1.54, 1.807) is 16.9 Å². The first-order valence-corrected chi connectivity index (χ1v) is 11.4. The van der Waals surface area contributed by atoms with Crippen molar-refractivity contribution >= 4 is 54.5 Å². The second-order valence-electron chi connectivity index (χ2n) is 7.08. The molecule has 3 aromatic carbocycles. The van der Waals surface area contributed by atoms with E-state index in [2.05, 4.69) is 66.4 Å². The molecule has 0 aliphatic carbocycles. The van der Waals surface area contributed by atoms with Gasteiger partial charge in [-0.3, -0.25) is 4.79 Å². The fraction of sp³-hybridized carbons (Fsp3) is 0.174. The summed E-state index contributed by atoms with van der Waals surface area (Å²) in [5, 5.41) is 11.9. The fourth-order valence-corrected chi connectivity index (χ4v) is 4.73. The van der Waals surface area contributed by atoms with E-state index in [0.29, 0.717) is 17.0 Å². The van der Waals surface area contributed by atoms with Crippen LogP contribution in [0.15, 0.2) is 63.5 Å². The van der Waals surface area contributed by atoms with Crippen molar-refractivity contribution in [1.29, 1.82) is 0 Å². The van der Waals surface area contributed by atoms with Gasteiger partial charge < -0.3 is 10.1 Å². The molecule has 0 aliphatic heterocycles. The first kappa shape index (κ1) is 21.5. The number of hydrogen-bond acceptors (Lipinski definition) is 4. The van der Waals surface area contributed by atoms with Crippen molar-refractivity contribution < 1.29 is 9.53 Å². The molecule has 0 spiro atoms. The second kappa shape index (κ2) is 9.20. The average Bonchev–Trinajstić information content (AvgIpc) is 3.16. The molecule has 1 aromatic heterocycles. The molecule has 0 aliphatic rings. The summed E-state index contributed by atoms with van der Waals surface area (Å²) in [6.07, 6.45) is 0.986. The summed E-state index contributed by atoms with van der Waals surface area (Å²) in [6, 6.07) is 17.4. The molecule has 0 saturated carbocycles. The quantitative estimate of drug-likeness (QED) is 0.332. The maximum absolute atomic E-state index is 12.4. The molecule has 4 rings (SSSR count). The molecular weight excluding hydrogens is 524 g/mol. The Bertz CT molecular complexity index is 1230. The van der Waals surface area contributed by atoms with Crippen molar-refractivity contribution in [2.45, 2.75) is 20.3 Å². The lowest BCUT2D eigenvalue weighted by Gasteiger charge is -2.12. The number of nitrogens with one attached hydrogen (secondary N) is 1. The van der Waals surface area contributed by atoms with Crippen LogP contribution in [0.4, 0.5) is 5.69 Å². The summed E-state index contributed by atoms with van der Waals surface area (Å²) in [4.78, 5) is 14.0. The van der Waals surface area contributed by atoms with Crippen molar-refractivity contribution in [2.24, 2.45) is 0 Å². The molecule has 0 bridgehead atoms. The van der Waals surface area contributed by atoms with Gasteiger partial charge in [0.25, 0.3) is 5.91 Å². The van der Waals surface area contributed by atoms with Crippen LogP contribution in [0, 0.1) is 6.92 Å². The number of benzene rings is 3. The second-order valence-corrected chi connectivity index (χ2v) is 8.85. The average molecular weight is 544 g/mol. The topological polar surface area (TPSA) is 69.0 Å². The number of aromatic nitrogens is 3. The van der Waals surface area contributed by atoms with Gasteiger partial charge in [-0.2, -0.15) is 4.80 Å². The van der Waals surface area contributed by atoms with Crippen LogP contribution < -0.4 is 10.1 Å². The smallest absolute Gasteiger partial charge is 0.262 e. The van der Waals surface area contributed by atoms with Crippen molar-refractivity contribution in [3.63, 3.8) is 0 Å². The lowest BCUT2D eigenvalue weighted by atomic mass is 10.2. The highest BCUT2D eigenvalue weighted by atomic mass is 79.9. The van der Waals surface area contributed by atoms with Crippen LogP contribution in [-0.2, 0) is 11.2 Å². The van der Waals surface area contributed by atoms with E-state index in [-0.39, 0.29) is 12.5 Å². The van der Waals surface area contributed by atoms with E-state index in [1.807, 2.05) is 37.3 Å². The molecule has 1 N–H and O–H groups in total. The summed E-state index contributed by atoms with van der Waals surface area (Å²) in [5.74, 6) is 0.391. The number of ether oxygens (including phenoxy) is 1. The standard InChI is InChI=1S/C23H20Br2N4O2/c1-3-15-4-7-18(8-5-15)29-27-20-9-6-17(12-21(20)28-29)26-22(30)13-31-23-14(2)10-16(24)11-19(23)25/h4-12H,3,13H2,1-2H3,(H,26,30). The van der Waals surface area contributed by atoms with Crippen molar-refractivity contribution in [3.8, 4) is 11.4 Å². The highest BCUT2D eigenvalue weighted by Gasteiger charge is 2.11. The molecule has 31 heavy (non-hydrogen) atoms. The zero-order valence-electron chi connectivity index (χ0n) is 17.0. The largest absolute Gasteiger partial charge is 0.482 e. The van der Waals surface area contributed by atoms with Crippen molar-refractivity contribution in [2.75, 3.05) is 11.9 Å². The summed E-state index contributed by atoms with van der Waals surface area (Å²) in [5.41, 5.74) is 5.18. The SMILES string of the molecule is CCc1ccc(-n2nc3ccc(NC(=O)COc4c(C)cc(Br)cc4Br)cc3n2)cc1. The predicted molar refractivity (Wildman–Crippen MR) is 129 cm³/mol. The monoisotopic (exact) mass is 542 g/mol. The third kappa shape index (κ3) is 4.97. The third-order valence-corrected chi connectivity index (χ3v) is 5.83. The number of halogens is 2. The molecule has 0 unspecified atom stereocenters. The number of aryl methyl sites for hydroxylation is 2. The van der Waals surface area contributed by atoms with Crippen LogP contribution in [0.25, 0.3) is 16.7 Å². The Balaban J connectivity index is 1.45. The van der Waals surface area contributed by atoms with E-state index in [0.717, 1.165) is 32.1 Å². The predicted octanol–water partition coefficient (Wildman–Crippen LogP) is 5.83. The Labute approximate surface area is 196 Å². The van der Waals surface area contributed by atoms with E-state index >= 15 is 0 Å². The lowest BCUT2D eigenvalue weighted by molar-refractivity contribution is -0.118. The Kier molecular flexibility index (Phi) is 6.38. The van der Waals surface area contributed by atoms with Crippen LogP contribution in [0.3, 0.4) is 0 Å². The summed E-state index contributed by atoms with van der Waals surface area (Å²) in [6.45, 7) is 3.95. The number of carbonyl (C=O) groups excluding carboxylic acids is 1. The molecule has 0 radical (unpaired) electrons. The Hall–Kier alpha value is -2.71. The van der Waals surface area contributed by atoms with Gasteiger partial charge in [0.05, 0.1) is 10.2 Å². The third-order valence-electron chi connectivity index (χ3n) is 4.78. The normalized spacial score (nSPS) is 11.0. The van der Waals surface area contributed by atoms with E-state index < -0.39 is 0 Å². The number of hydrogen-bond donors (Lipinski definition) is 1. The highest BCUT2D eigenvalue weighted by Crippen LogP contribution is 2.32. The minimum absolute atomic E-state index is 0.102. The molecule has 6 nitrogen and oxygen atoms in total. The summed E-state index contributed by atoms with van der Waals surface area (Å²) >= 11 is 6.90. The van der Waals surface area contributed by atoms with Gasteiger partial charge in [0, 0.05) is 10.2 Å². The first-order valence-electron chi connectivity index (χ1n) is 9.77. The van der Waals surface area contributed by atoms with Gasteiger partial charge in [-0.1, -0.05) is 35.0 Å². The number of rotatable bonds is 6. The molecule has 0 saturated heterocycles. The first-order chi connectivity index (χ1) is 14.9. The van der Waals surface area contributed by atoms with E-state index in [4.69, 9.17) is 4.74 Å². The van der Waals surface area contributed by atoms with Crippen LogP contribution in [0.5, 0.6) is 5.75 Å². The van der Waals surface area contributed by atoms with Crippen molar-refractivity contribution in [1.82, 2.24) is 15.0 Å². The highest BCUT2D eigenvalue weighted by molar-refractivity contribution is 9.11. The van der Waals surface area contributed by atoms with Crippen LogP contribution in [0.1, 0.15) is 18.1 Å². The molecule has 0 atom stereocenters. The fourth-order valence-electron chi connectivity index (χ4n) is 3.18. The minimum atomic E-state index is -0.254. The number of carbonyl (C=O) groups is 1. The summed E-state index contributed by atoms with van der Waals surface area (Å²) in [7, 11) is 0. The Morgan fingerprint density at radius 2 is 1.77 bits per heavy atom. The maximum atomic E-state index is 12.4. The zero-order valence-corrected chi connectivity index (χ0v) is 20.2. The number of nitrogens with zero attached hydrogens (tertiary/aromatic N) is 3. The maximum Gasteiger partial charge on any atom is 0.262 e. The number of fused-ring (bicyclic) bond motifs is 1. The van der Waals surface area contributed by atoms with E-state index in [9.17, 15) is 4.79 Å². The van der Waals surface area contributed by atoms with Gasteiger partial charge >= 0.3 is 0 Å². The van der Waals surface area contributed by atoms with Gasteiger partial charge in [-0.15, -0.1) is 10.2 Å². The molecule has 1 heterocycles. The Morgan fingerprint density at radius 1 is 1.03 bits per heavy atom. The van der Waals surface area contributed by atoms with Gasteiger partial charge in [0.2, 0.25) is 0 Å². The molecule has 8 heteroatoms. The van der Waals surface area contributed by atoms with Crippen molar-refractivity contribution in [3.05, 3.63) is 74.7 Å². The number of anilines is 1. The number of amides is 1. The van der Waals surface area contributed by atoms with Gasteiger partial charge in [0.1, 0.15) is 16.8 Å². The molecule has 4 aromatic rings. The van der Waals surface area contributed by atoms with Crippen LogP contribution in [0.2, 0.25) is 0 Å². The van der Waals surface area contributed by atoms with Gasteiger partial charge in [-0.25, -0.2) is 0 Å². The lowest BCUT2D eigenvalue weighted by Crippen LogP contribution is -2.20. The molecule has 1 amide bonds. The van der Waals surface area contributed by atoms with Gasteiger partial charge in [-0.05, 0) is 82.9 Å². The van der Waals surface area contributed by atoms with Crippen LogP contribution >= 0.6 is 31.9 Å². The minimum Gasteiger partial charge on any atom is -0.482 e. The van der Waals surface area contributed by atoms with Gasteiger partial charge in [0.15, 0.2) is 6.61 Å². The Morgan fingerprint density at radius 3 is 2.48 bits per heavy atom. The molecular formula is C23H20Br2N4O2. The molecule has 0 fully saturated rings. The van der Waals surface area contributed by atoms with E-state index in [1.165, 1.54) is 5.56 Å². The zero-order chi connectivity index (χ0) is 22.0. The van der Waals surface area contributed by atoms with Crippen LogP contribution in [-0.4, -0.2) is 27.5 Å².